The molecule has 0 aliphatic heterocycles. The zero-order valence-corrected chi connectivity index (χ0v) is 21.1. The van der Waals surface area contributed by atoms with Crippen LogP contribution in [-0.4, -0.2) is 84.5 Å². The molecule has 2 aromatic heterocycles. The van der Waals surface area contributed by atoms with Gasteiger partial charge in [0.1, 0.15) is 22.9 Å². The minimum Gasteiger partial charge on any atom is -0.494 e. The highest BCUT2D eigenvalue weighted by atomic mass is 32.3. The Morgan fingerprint density at radius 3 is 2.09 bits per heavy atom. The Labute approximate surface area is 190 Å². The number of aryl methyl sites for hydroxylation is 1. The molecule has 10 nitrogen and oxygen atoms in total. The maximum absolute atomic E-state index is 12.9. The summed E-state index contributed by atoms with van der Waals surface area (Å²) in [6.07, 6.45) is 9.37. The van der Waals surface area contributed by atoms with Gasteiger partial charge in [0.05, 0.1) is 20.5 Å². The summed E-state index contributed by atoms with van der Waals surface area (Å²) in [6, 6.07) is 7.13. The Hall–Kier alpha value is -2.73. The molecule has 2 heterocycles. The van der Waals surface area contributed by atoms with Gasteiger partial charge < -0.3 is 9.47 Å². The fourth-order valence-electron chi connectivity index (χ4n) is 3.17. The molecule has 0 aliphatic carbocycles. The van der Waals surface area contributed by atoms with Gasteiger partial charge in [0.2, 0.25) is 16.0 Å². The molecule has 0 fully saturated rings. The van der Waals surface area contributed by atoms with Gasteiger partial charge in [-0.2, -0.15) is 5.10 Å². The van der Waals surface area contributed by atoms with Crippen LogP contribution in [-0.2, 0) is 17.1 Å². The third-order valence-corrected chi connectivity index (χ3v) is 7.30. The van der Waals surface area contributed by atoms with Crippen molar-refractivity contribution < 1.29 is 17.9 Å². The van der Waals surface area contributed by atoms with E-state index in [2.05, 4.69) is 34.1 Å². The number of rotatable bonds is 9. The van der Waals surface area contributed by atoms with E-state index in [0.717, 1.165) is 0 Å². The summed E-state index contributed by atoms with van der Waals surface area (Å²) in [5.41, 5.74) is 1.03. The molecule has 0 atom stereocenters. The fraction of sp³-hybridized carbons (Fsp3) is 0.450. The van der Waals surface area contributed by atoms with Crippen LogP contribution in [0.15, 0.2) is 30.5 Å². The molecule has 0 amide bonds. The van der Waals surface area contributed by atoms with Crippen molar-refractivity contribution in [2.45, 2.75) is 0 Å². The van der Waals surface area contributed by atoms with Crippen LogP contribution < -0.4 is 13.8 Å². The van der Waals surface area contributed by atoms with E-state index in [-0.39, 0.29) is 12.5 Å². The summed E-state index contributed by atoms with van der Waals surface area (Å²) in [5.74, 6) is 2.20. The third-order valence-electron chi connectivity index (χ3n) is 4.74. The average molecular weight is 483 g/mol. The van der Waals surface area contributed by atoms with Crippen LogP contribution in [0.2, 0.25) is 0 Å². The van der Waals surface area contributed by atoms with E-state index in [1.807, 2.05) is 0 Å². The van der Waals surface area contributed by atoms with Gasteiger partial charge in [0, 0.05) is 19.8 Å². The smallest absolute Gasteiger partial charge is 0.246 e. The fourth-order valence-corrected chi connectivity index (χ4v) is 4.85. The lowest BCUT2D eigenvalue weighted by molar-refractivity contribution is 0.391. The van der Waals surface area contributed by atoms with Gasteiger partial charge in [0.15, 0.2) is 5.82 Å². The highest BCUT2D eigenvalue weighted by Gasteiger charge is 2.30. The minimum absolute atomic E-state index is 0.152. The molecule has 3 rings (SSSR count). The van der Waals surface area contributed by atoms with Crippen molar-refractivity contribution in [1.82, 2.24) is 24.5 Å². The second kappa shape index (κ2) is 9.02. The van der Waals surface area contributed by atoms with E-state index in [1.54, 1.807) is 61.0 Å². The highest BCUT2D eigenvalue weighted by molar-refractivity contribution is 8.32. The number of benzene rings is 1. The Balaban J connectivity index is 2.33. The first-order valence-corrected chi connectivity index (χ1v) is 14.6. The molecule has 3 aromatic rings. The summed E-state index contributed by atoms with van der Waals surface area (Å²) < 4.78 is 41.5. The molecular weight excluding hydrogens is 452 g/mol. The standard InChI is InChI=1S/C20H30N6O4S2/c1-24-12-11-15(23-24)19-21-22-20(25(32(7,27)28)13-14-31(4,5)6)26(19)18-16(29-2)9-8-10-17(18)30-3/h8-12H,13-14H2,1-7H3. The van der Waals surface area contributed by atoms with Crippen LogP contribution >= 0.6 is 10.0 Å². The number of anilines is 1. The van der Waals surface area contributed by atoms with Crippen molar-refractivity contribution in [3.8, 4) is 28.7 Å². The molecule has 0 radical (unpaired) electrons. The topological polar surface area (TPSA) is 104 Å². The monoisotopic (exact) mass is 482 g/mol. The largest absolute Gasteiger partial charge is 0.494 e. The number of hydrogen-bond donors (Lipinski definition) is 0. The Bertz CT molecular complexity index is 1170. The normalized spacial score (nSPS) is 12.6. The first-order chi connectivity index (χ1) is 15.0. The predicted octanol–water partition coefficient (Wildman–Crippen LogP) is 2.14. The van der Waals surface area contributed by atoms with Gasteiger partial charge in [-0.1, -0.05) is 6.07 Å². The number of aromatic nitrogens is 5. The van der Waals surface area contributed by atoms with Crippen molar-refractivity contribution >= 4 is 26.0 Å². The molecule has 0 unspecified atom stereocenters. The van der Waals surface area contributed by atoms with Crippen molar-refractivity contribution in [3.05, 3.63) is 30.5 Å². The first-order valence-electron chi connectivity index (χ1n) is 9.77. The van der Waals surface area contributed by atoms with Gasteiger partial charge in [0.25, 0.3) is 0 Å². The molecule has 1 aromatic carbocycles. The number of sulfonamides is 1. The van der Waals surface area contributed by atoms with Crippen molar-refractivity contribution in [2.75, 3.05) is 55.8 Å². The number of methoxy groups -OCH3 is 2. The van der Waals surface area contributed by atoms with Crippen LogP contribution in [0.4, 0.5) is 5.95 Å². The molecule has 176 valence electrons. The van der Waals surface area contributed by atoms with Gasteiger partial charge in [-0.3, -0.25) is 9.25 Å². The molecule has 32 heavy (non-hydrogen) atoms. The Kier molecular flexibility index (Phi) is 6.75. The number of nitrogens with zero attached hydrogens (tertiary/aromatic N) is 6. The molecule has 0 saturated carbocycles. The van der Waals surface area contributed by atoms with E-state index < -0.39 is 20.1 Å². The van der Waals surface area contributed by atoms with E-state index in [1.165, 1.54) is 10.6 Å². The summed E-state index contributed by atoms with van der Waals surface area (Å²) in [4.78, 5) is 0. The number of hydrogen-bond acceptors (Lipinski definition) is 7. The number of ether oxygens (including phenoxy) is 2. The second-order valence-corrected chi connectivity index (χ2v) is 14.7. The van der Waals surface area contributed by atoms with E-state index in [4.69, 9.17) is 9.47 Å². The molecule has 0 N–H and O–H groups in total. The van der Waals surface area contributed by atoms with E-state index in [9.17, 15) is 8.42 Å². The average Bonchev–Trinajstić information content (AvgIpc) is 3.31. The van der Waals surface area contributed by atoms with Crippen molar-refractivity contribution in [2.24, 2.45) is 7.05 Å². The lowest BCUT2D eigenvalue weighted by Gasteiger charge is -2.30. The Morgan fingerprint density at radius 2 is 1.62 bits per heavy atom. The molecule has 0 spiro atoms. The minimum atomic E-state index is -3.66. The molecule has 12 heteroatoms. The summed E-state index contributed by atoms with van der Waals surface area (Å²) in [6.45, 7) is 0.273. The third kappa shape index (κ3) is 5.01. The van der Waals surface area contributed by atoms with Crippen LogP contribution in [0.25, 0.3) is 17.2 Å². The lowest BCUT2D eigenvalue weighted by Crippen LogP contribution is -2.35. The van der Waals surface area contributed by atoms with Crippen LogP contribution in [0, 0.1) is 0 Å². The molecule has 0 aliphatic rings. The van der Waals surface area contributed by atoms with E-state index >= 15 is 0 Å². The SMILES string of the molecule is COc1cccc(OC)c1-n1c(-c2ccn(C)n2)nnc1N(CCS(C)(C)C)S(C)(=O)=O. The van der Waals surface area contributed by atoms with Crippen LogP contribution in [0.3, 0.4) is 0 Å². The zero-order chi connectivity index (χ0) is 23.7. The van der Waals surface area contributed by atoms with E-state index in [0.29, 0.717) is 34.5 Å². The van der Waals surface area contributed by atoms with Crippen molar-refractivity contribution in [1.29, 1.82) is 0 Å². The summed E-state index contributed by atoms with van der Waals surface area (Å²) in [7, 11) is 0.260. The first kappa shape index (κ1) is 23.9. The lowest BCUT2D eigenvalue weighted by atomic mass is 10.2. The maximum Gasteiger partial charge on any atom is 0.246 e. The number of para-hydroxylation sites is 1. The predicted molar refractivity (Wildman–Crippen MR) is 129 cm³/mol. The van der Waals surface area contributed by atoms with Gasteiger partial charge in [-0.05, 0) is 42.7 Å². The molecular formula is C20H30N6O4S2. The summed E-state index contributed by atoms with van der Waals surface area (Å²) >= 11 is 0. The van der Waals surface area contributed by atoms with Crippen LogP contribution in [0.5, 0.6) is 11.5 Å². The Morgan fingerprint density at radius 1 is 1.00 bits per heavy atom. The summed E-state index contributed by atoms with van der Waals surface area (Å²) in [5, 5.41) is 13.1. The molecule has 0 bridgehead atoms. The zero-order valence-electron chi connectivity index (χ0n) is 19.4. The highest BCUT2D eigenvalue weighted by Crippen LogP contribution is 2.39. The van der Waals surface area contributed by atoms with Crippen molar-refractivity contribution in [3.63, 3.8) is 0 Å². The second-order valence-electron chi connectivity index (χ2n) is 8.17. The maximum atomic E-state index is 12.9. The van der Waals surface area contributed by atoms with Gasteiger partial charge >= 0.3 is 0 Å². The van der Waals surface area contributed by atoms with Gasteiger partial charge in [-0.15, -0.1) is 10.2 Å². The van der Waals surface area contributed by atoms with Crippen LogP contribution in [0.1, 0.15) is 0 Å². The quantitative estimate of drug-likeness (QED) is 0.460. The molecule has 0 saturated heterocycles. The van der Waals surface area contributed by atoms with Gasteiger partial charge in [-0.25, -0.2) is 22.8 Å².